The molecule has 1 aromatic rings. The number of hydrogen-bond donors (Lipinski definition) is 0. The second kappa shape index (κ2) is 2.26. The Bertz CT molecular complexity index is 197. The Labute approximate surface area is 56.1 Å². The normalized spacial score (nSPS) is 9.67. The lowest BCUT2D eigenvalue weighted by Gasteiger charge is -1.96. The van der Waals surface area contributed by atoms with E-state index in [1.54, 1.807) is 6.92 Å². The number of hydrogen-bond acceptors (Lipinski definition) is 4. The largest absolute Gasteiger partial charge is 0.235 e. The minimum Gasteiger partial charge on any atom is -0.185 e. The van der Waals surface area contributed by atoms with Crippen molar-refractivity contribution in [1.82, 2.24) is 10.2 Å². The van der Waals surface area contributed by atoms with Crippen LogP contribution in [0.1, 0.15) is 5.01 Å². The van der Waals surface area contributed by atoms with Crippen molar-refractivity contribution in [2.45, 2.75) is 6.92 Å². The maximum atomic E-state index is 12.2. The first-order valence-electron chi connectivity index (χ1n) is 2.40. The van der Waals surface area contributed by atoms with E-state index in [0.29, 0.717) is 10.3 Å². The number of anilines is 1. The van der Waals surface area contributed by atoms with Gasteiger partial charge in [0.1, 0.15) is 5.01 Å². The summed E-state index contributed by atoms with van der Waals surface area (Å²) in [6.07, 6.45) is 0. The van der Waals surface area contributed by atoms with Gasteiger partial charge in [0.05, 0.1) is 0 Å². The monoisotopic (exact) mass is 147 g/mol. The summed E-state index contributed by atoms with van der Waals surface area (Å²) < 4.78 is 12.2. The average molecular weight is 147 g/mol. The van der Waals surface area contributed by atoms with Gasteiger partial charge in [-0.1, -0.05) is 15.8 Å². The molecule has 0 aliphatic carbocycles. The summed E-state index contributed by atoms with van der Waals surface area (Å²) >= 11 is 1.22. The third kappa shape index (κ3) is 1.35. The summed E-state index contributed by atoms with van der Waals surface area (Å²) in [5.74, 6) is 0. The van der Waals surface area contributed by atoms with Crippen LogP contribution in [-0.4, -0.2) is 17.2 Å². The molecule has 0 bridgehead atoms. The standard InChI is InChI=1S/C4H6FN3S/c1-3-6-7-4(9-3)8(2)5/h1-2H3. The highest BCUT2D eigenvalue weighted by Crippen LogP contribution is 2.17. The number of nitrogens with zero attached hydrogens (tertiary/aromatic N) is 3. The van der Waals surface area contributed by atoms with Crippen molar-refractivity contribution in [3.05, 3.63) is 5.01 Å². The second-order valence-corrected chi connectivity index (χ2v) is 2.74. The van der Waals surface area contributed by atoms with Crippen LogP contribution >= 0.6 is 11.3 Å². The van der Waals surface area contributed by atoms with E-state index in [2.05, 4.69) is 10.2 Å². The fraction of sp³-hybridized carbons (Fsp3) is 0.500. The molecule has 0 aliphatic rings. The smallest absolute Gasteiger partial charge is 0.185 e. The molecule has 1 rings (SSSR count). The molecule has 3 nitrogen and oxygen atoms in total. The number of aromatic nitrogens is 2. The van der Waals surface area contributed by atoms with Gasteiger partial charge in [-0.05, 0) is 6.92 Å². The summed E-state index contributed by atoms with van der Waals surface area (Å²) in [4.78, 5) is 0. The van der Waals surface area contributed by atoms with E-state index in [-0.39, 0.29) is 0 Å². The molecule has 0 spiro atoms. The van der Waals surface area contributed by atoms with Crippen LogP contribution in [0.15, 0.2) is 0 Å². The predicted octanol–water partition coefficient (Wildman–Crippen LogP) is 1.17. The number of aryl methyl sites for hydroxylation is 1. The van der Waals surface area contributed by atoms with E-state index < -0.39 is 0 Å². The molecule has 9 heavy (non-hydrogen) atoms. The highest BCUT2D eigenvalue weighted by atomic mass is 32.1. The summed E-state index contributed by atoms with van der Waals surface area (Å²) in [7, 11) is 1.29. The molecular weight excluding hydrogens is 141 g/mol. The Balaban J connectivity index is 2.85. The zero-order valence-corrected chi connectivity index (χ0v) is 5.94. The maximum Gasteiger partial charge on any atom is 0.235 e. The van der Waals surface area contributed by atoms with Gasteiger partial charge < -0.3 is 0 Å². The van der Waals surface area contributed by atoms with Crippen molar-refractivity contribution in [1.29, 1.82) is 0 Å². The Kier molecular flexibility index (Phi) is 1.61. The summed E-state index contributed by atoms with van der Waals surface area (Å²) in [5.41, 5.74) is 0. The topological polar surface area (TPSA) is 29.0 Å². The van der Waals surface area contributed by atoms with Gasteiger partial charge in [-0.15, -0.1) is 10.2 Å². The van der Waals surface area contributed by atoms with Crippen molar-refractivity contribution in [3.8, 4) is 0 Å². The van der Waals surface area contributed by atoms with Gasteiger partial charge >= 0.3 is 0 Å². The van der Waals surface area contributed by atoms with Crippen LogP contribution in [0.2, 0.25) is 0 Å². The summed E-state index contributed by atoms with van der Waals surface area (Å²) in [6, 6.07) is 0. The van der Waals surface area contributed by atoms with E-state index in [1.165, 1.54) is 18.4 Å². The Morgan fingerprint density at radius 3 is 2.44 bits per heavy atom. The molecule has 5 heteroatoms. The molecule has 0 unspecified atom stereocenters. The van der Waals surface area contributed by atoms with Crippen LogP contribution in [0.4, 0.5) is 9.61 Å². The molecule has 0 amide bonds. The van der Waals surface area contributed by atoms with Gasteiger partial charge in [0, 0.05) is 7.05 Å². The van der Waals surface area contributed by atoms with Crippen LogP contribution < -0.4 is 5.12 Å². The minimum absolute atomic E-state index is 0.299. The first kappa shape index (κ1) is 6.41. The van der Waals surface area contributed by atoms with E-state index >= 15 is 0 Å². The Morgan fingerprint density at radius 2 is 2.22 bits per heavy atom. The zero-order chi connectivity index (χ0) is 6.85. The van der Waals surface area contributed by atoms with Crippen LogP contribution in [0.3, 0.4) is 0 Å². The average Bonchev–Trinajstić information content (AvgIpc) is 2.14. The van der Waals surface area contributed by atoms with Gasteiger partial charge in [0.15, 0.2) is 0 Å². The molecule has 1 aromatic heterocycles. The molecule has 0 saturated heterocycles. The highest BCUT2D eigenvalue weighted by Gasteiger charge is 2.02. The van der Waals surface area contributed by atoms with Crippen molar-refractivity contribution in [2.24, 2.45) is 0 Å². The van der Waals surface area contributed by atoms with E-state index in [0.717, 1.165) is 5.01 Å². The Hall–Kier alpha value is -0.710. The molecule has 1 heterocycles. The van der Waals surface area contributed by atoms with Gasteiger partial charge in [0.2, 0.25) is 5.13 Å². The first-order valence-corrected chi connectivity index (χ1v) is 3.21. The molecule has 0 saturated carbocycles. The van der Waals surface area contributed by atoms with Crippen LogP contribution in [-0.2, 0) is 0 Å². The molecule has 0 fully saturated rings. The first-order chi connectivity index (χ1) is 4.20. The maximum absolute atomic E-state index is 12.2. The second-order valence-electron chi connectivity index (χ2n) is 1.58. The van der Waals surface area contributed by atoms with Gasteiger partial charge in [0.25, 0.3) is 0 Å². The minimum atomic E-state index is 0.299. The summed E-state index contributed by atoms with van der Waals surface area (Å²) in [6.45, 7) is 1.78. The molecule has 0 N–H and O–H groups in total. The lowest BCUT2D eigenvalue weighted by atomic mass is 10.9. The van der Waals surface area contributed by atoms with Crippen LogP contribution in [0, 0.1) is 6.92 Å². The third-order valence-electron chi connectivity index (χ3n) is 0.779. The van der Waals surface area contributed by atoms with E-state index in [1.807, 2.05) is 0 Å². The van der Waals surface area contributed by atoms with Gasteiger partial charge in [-0.3, -0.25) is 0 Å². The zero-order valence-electron chi connectivity index (χ0n) is 5.13. The third-order valence-corrected chi connectivity index (χ3v) is 1.67. The molecule has 0 radical (unpaired) electrons. The van der Waals surface area contributed by atoms with Gasteiger partial charge in [-0.25, -0.2) is 0 Å². The number of rotatable bonds is 1. The van der Waals surface area contributed by atoms with Crippen LogP contribution in [0.25, 0.3) is 0 Å². The molecule has 0 aliphatic heterocycles. The van der Waals surface area contributed by atoms with Crippen LogP contribution in [0.5, 0.6) is 0 Å². The van der Waals surface area contributed by atoms with Crippen molar-refractivity contribution in [3.63, 3.8) is 0 Å². The SMILES string of the molecule is Cc1nnc(N(C)F)s1. The van der Waals surface area contributed by atoms with Crippen molar-refractivity contribution >= 4 is 16.5 Å². The lowest BCUT2D eigenvalue weighted by molar-refractivity contribution is 0.473. The highest BCUT2D eigenvalue weighted by molar-refractivity contribution is 7.15. The molecule has 0 atom stereocenters. The number of halogens is 1. The summed E-state index contributed by atoms with van der Waals surface area (Å²) in [5, 5.41) is 8.68. The Morgan fingerprint density at radius 1 is 1.56 bits per heavy atom. The van der Waals surface area contributed by atoms with Gasteiger partial charge in [-0.2, -0.15) is 5.12 Å². The fourth-order valence-corrected chi connectivity index (χ4v) is 0.964. The molecular formula is C4H6FN3S. The van der Waals surface area contributed by atoms with E-state index in [4.69, 9.17) is 0 Å². The fourth-order valence-electron chi connectivity index (χ4n) is 0.411. The quantitative estimate of drug-likeness (QED) is 0.558. The van der Waals surface area contributed by atoms with Crippen molar-refractivity contribution < 1.29 is 4.48 Å². The lowest BCUT2D eigenvalue weighted by Crippen LogP contribution is -2.00. The van der Waals surface area contributed by atoms with Crippen molar-refractivity contribution in [2.75, 3.05) is 12.2 Å². The molecule has 0 aromatic carbocycles. The van der Waals surface area contributed by atoms with E-state index in [9.17, 15) is 4.48 Å². The predicted molar refractivity (Wildman–Crippen MR) is 34.2 cm³/mol. The molecule has 50 valence electrons.